The van der Waals surface area contributed by atoms with Crippen LogP contribution in [0.25, 0.3) is 0 Å². The van der Waals surface area contributed by atoms with Crippen LogP contribution >= 0.6 is 0 Å². The first-order valence-electron chi connectivity index (χ1n) is 9.53. The highest BCUT2D eigenvalue weighted by atomic mass is 16.5. The molecule has 1 atom stereocenters. The number of hydrogen-bond acceptors (Lipinski definition) is 5. The zero-order chi connectivity index (χ0) is 17.6. The van der Waals surface area contributed by atoms with E-state index >= 15 is 0 Å². The Bertz CT molecular complexity index is 534. The molecule has 1 saturated heterocycles. The van der Waals surface area contributed by atoms with Crippen molar-refractivity contribution in [2.45, 2.75) is 38.1 Å². The summed E-state index contributed by atoms with van der Waals surface area (Å²) in [5.41, 5.74) is 1.24. The molecule has 1 aromatic carbocycles. The molecule has 1 aliphatic carbocycles. The van der Waals surface area contributed by atoms with Crippen molar-refractivity contribution in [1.29, 1.82) is 0 Å². The average molecular weight is 348 g/mol. The Morgan fingerprint density at radius 3 is 2.08 bits per heavy atom. The highest BCUT2D eigenvalue weighted by molar-refractivity contribution is 5.52. The van der Waals surface area contributed by atoms with Gasteiger partial charge in [0.05, 0.1) is 21.3 Å². The maximum absolute atomic E-state index is 5.77. The van der Waals surface area contributed by atoms with Crippen molar-refractivity contribution in [1.82, 2.24) is 10.2 Å². The zero-order valence-electron chi connectivity index (χ0n) is 15.8. The molecule has 1 heterocycles. The molecule has 1 aliphatic heterocycles. The van der Waals surface area contributed by atoms with Gasteiger partial charge in [-0.1, -0.05) is 19.3 Å². The molecule has 25 heavy (non-hydrogen) atoms. The number of nitrogens with one attached hydrogen (secondary N) is 1. The van der Waals surface area contributed by atoms with E-state index in [1.807, 2.05) is 6.07 Å². The van der Waals surface area contributed by atoms with Crippen LogP contribution in [0.1, 0.15) is 43.7 Å². The SMILES string of the molecule is COc1cc(OC)c([C@H](C2CCCCC2)N2CCNCC2)cc1OC. The molecule has 140 valence electrons. The third-order valence-corrected chi connectivity index (χ3v) is 5.70. The zero-order valence-corrected chi connectivity index (χ0v) is 15.8. The normalized spacial score (nSPS) is 20.9. The lowest BCUT2D eigenvalue weighted by Gasteiger charge is -2.41. The molecule has 5 nitrogen and oxygen atoms in total. The fourth-order valence-electron chi connectivity index (χ4n) is 4.44. The van der Waals surface area contributed by atoms with Crippen molar-refractivity contribution in [3.63, 3.8) is 0 Å². The summed E-state index contributed by atoms with van der Waals surface area (Å²) in [4.78, 5) is 2.64. The van der Waals surface area contributed by atoms with Gasteiger partial charge in [0.15, 0.2) is 11.5 Å². The second-order valence-corrected chi connectivity index (χ2v) is 7.08. The van der Waals surface area contributed by atoms with Crippen molar-refractivity contribution in [2.24, 2.45) is 5.92 Å². The van der Waals surface area contributed by atoms with Crippen LogP contribution < -0.4 is 19.5 Å². The minimum Gasteiger partial charge on any atom is -0.496 e. The van der Waals surface area contributed by atoms with Gasteiger partial charge in [0.2, 0.25) is 0 Å². The number of methoxy groups -OCH3 is 3. The van der Waals surface area contributed by atoms with E-state index in [1.165, 1.54) is 37.7 Å². The van der Waals surface area contributed by atoms with Gasteiger partial charge in [-0.2, -0.15) is 0 Å². The van der Waals surface area contributed by atoms with E-state index in [0.29, 0.717) is 12.0 Å². The van der Waals surface area contributed by atoms with Crippen LogP contribution in [0.2, 0.25) is 0 Å². The summed E-state index contributed by atoms with van der Waals surface area (Å²) in [6.45, 7) is 4.27. The predicted octanol–water partition coefficient (Wildman–Crippen LogP) is 3.24. The van der Waals surface area contributed by atoms with Gasteiger partial charge in [-0.25, -0.2) is 0 Å². The van der Waals surface area contributed by atoms with Gasteiger partial charge in [0, 0.05) is 43.9 Å². The summed E-state index contributed by atoms with van der Waals surface area (Å²) in [6, 6.07) is 4.50. The Morgan fingerprint density at radius 2 is 1.48 bits per heavy atom. The number of benzene rings is 1. The third-order valence-electron chi connectivity index (χ3n) is 5.70. The number of piperazine rings is 1. The Labute approximate surface area is 151 Å². The van der Waals surface area contributed by atoms with Gasteiger partial charge >= 0.3 is 0 Å². The molecule has 0 aromatic heterocycles. The Hall–Kier alpha value is -1.46. The van der Waals surface area contributed by atoms with Gasteiger partial charge in [-0.15, -0.1) is 0 Å². The van der Waals surface area contributed by atoms with Crippen molar-refractivity contribution in [2.75, 3.05) is 47.5 Å². The van der Waals surface area contributed by atoms with E-state index in [-0.39, 0.29) is 0 Å². The molecule has 3 rings (SSSR count). The van der Waals surface area contributed by atoms with E-state index in [0.717, 1.165) is 43.4 Å². The number of rotatable bonds is 6. The maximum Gasteiger partial charge on any atom is 0.164 e. The monoisotopic (exact) mass is 348 g/mol. The van der Waals surface area contributed by atoms with Crippen molar-refractivity contribution in [3.05, 3.63) is 17.7 Å². The molecule has 0 unspecified atom stereocenters. The Kier molecular flexibility index (Phi) is 6.43. The highest BCUT2D eigenvalue weighted by Crippen LogP contribution is 2.45. The van der Waals surface area contributed by atoms with Crippen LogP contribution in [-0.2, 0) is 0 Å². The molecule has 1 aromatic rings. The summed E-state index contributed by atoms with van der Waals surface area (Å²) >= 11 is 0. The maximum atomic E-state index is 5.77. The lowest BCUT2D eigenvalue weighted by atomic mass is 9.79. The fraction of sp³-hybridized carbons (Fsp3) is 0.700. The van der Waals surface area contributed by atoms with E-state index in [1.54, 1.807) is 21.3 Å². The van der Waals surface area contributed by atoms with Gasteiger partial charge in [-0.05, 0) is 24.8 Å². The van der Waals surface area contributed by atoms with E-state index in [9.17, 15) is 0 Å². The van der Waals surface area contributed by atoms with E-state index in [2.05, 4.69) is 16.3 Å². The molecule has 0 radical (unpaired) electrons. The Morgan fingerprint density at radius 1 is 0.880 bits per heavy atom. The van der Waals surface area contributed by atoms with Crippen LogP contribution in [0.4, 0.5) is 0 Å². The molecule has 0 spiro atoms. The molecule has 0 amide bonds. The largest absolute Gasteiger partial charge is 0.496 e. The average Bonchev–Trinajstić information content (AvgIpc) is 2.69. The smallest absolute Gasteiger partial charge is 0.164 e. The fourth-order valence-corrected chi connectivity index (χ4v) is 4.44. The van der Waals surface area contributed by atoms with Crippen LogP contribution in [-0.4, -0.2) is 52.4 Å². The van der Waals surface area contributed by atoms with Crippen LogP contribution in [0, 0.1) is 5.92 Å². The van der Waals surface area contributed by atoms with E-state index < -0.39 is 0 Å². The molecular weight excluding hydrogens is 316 g/mol. The second kappa shape index (κ2) is 8.77. The standard InChI is InChI=1S/C20H32N2O3/c1-23-17-14-19(25-3)18(24-2)13-16(17)20(15-7-5-4-6-8-15)22-11-9-21-10-12-22/h13-15,20-21H,4-12H2,1-3H3/t20-/m0/s1. The minimum absolute atomic E-state index is 0.386. The number of ether oxygens (including phenoxy) is 3. The van der Waals surface area contributed by atoms with Crippen molar-refractivity contribution < 1.29 is 14.2 Å². The van der Waals surface area contributed by atoms with Gasteiger partial charge in [0.25, 0.3) is 0 Å². The topological polar surface area (TPSA) is 43.0 Å². The molecule has 0 bridgehead atoms. The quantitative estimate of drug-likeness (QED) is 0.855. The molecule has 1 N–H and O–H groups in total. The van der Waals surface area contributed by atoms with Crippen LogP contribution in [0.5, 0.6) is 17.2 Å². The molecular formula is C20H32N2O3. The predicted molar refractivity (Wildman–Crippen MR) is 99.9 cm³/mol. The second-order valence-electron chi connectivity index (χ2n) is 7.08. The first-order chi connectivity index (χ1) is 12.3. The van der Waals surface area contributed by atoms with Gasteiger partial charge in [-0.3, -0.25) is 4.90 Å². The van der Waals surface area contributed by atoms with Gasteiger partial charge in [0.1, 0.15) is 5.75 Å². The minimum atomic E-state index is 0.386. The molecule has 1 saturated carbocycles. The summed E-state index contributed by atoms with van der Waals surface area (Å²) in [5, 5.41) is 3.48. The molecule has 2 aliphatic rings. The number of nitrogens with zero attached hydrogens (tertiary/aromatic N) is 1. The summed E-state index contributed by atoms with van der Waals surface area (Å²) in [6.07, 6.45) is 6.64. The molecule has 2 fully saturated rings. The molecule has 5 heteroatoms. The summed E-state index contributed by atoms with van der Waals surface area (Å²) in [7, 11) is 5.13. The lowest BCUT2D eigenvalue weighted by molar-refractivity contribution is 0.101. The summed E-state index contributed by atoms with van der Waals surface area (Å²) in [5.74, 6) is 3.10. The third kappa shape index (κ3) is 4.04. The Balaban J connectivity index is 2.01. The first kappa shape index (κ1) is 18.3. The highest BCUT2D eigenvalue weighted by Gasteiger charge is 2.33. The first-order valence-corrected chi connectivity index (χ1v) is 9.53. The summed E-state index contributed by atoms with van der Waals surface area (Å²) < 4.78 is 16.8. The van der Waals surface area contributed by atoms with E-state index in [4.69, 9.17) is 14.2 Å². The van der Waals surface area contributed by atoms with Crippen LogP contribution in [0.15, 0.2) is 12.1 Å². The number of hydrogen-bond donors (Lipinski definition) is 1. The van der Waals surface area contributed by atoms with Crippen molar-refractivity contribution in [3.8, 4) is 17.2 Å². The van der Waals surface area contributed by atoms with Crippen molar-refractivity contribution >= 4 is 0 Å². The lowest BCUT2D eigenvalue weighted by Crippen LogP contribution is -2.47. The van der Waals surface area contributed by atoms with Gasteiger partial charge < -0.3 is 19.5 Å². The van der Waals surface area contributed by atoms with Crippen LogP contribution in [0.3, 0.4) is 0 Å².